The number of pyridine rings is 1. The Morgan fingerprint density at radius 2 is 2.08 bits per heavy atom. The molecular formula is C18H30N2O4. The monoisotopic (exact) mass is 338 g/mol. The Bertz CT molecular complexity index is 534. The van der Waals surface area contributed by atoms with Crippen LogP contribution in [0.25, 0.3) is 0 Å². The summed E-state index contributed by atoms with van der Waals surface area (Å²) in [7, 11) is 1.62. The molecule has 6 heteroatoms. The van der Waals surface area contributed by atoms with Crippen molar-refractivity contribution in [3.8, 4) is 5.88 Å². The second kappa shape index (κ2) is 9.59. The average Bonchev–Trinajstić information content (AvgIpc) is 2.49. The van der Waals surface area contributed by atoms with E-state index in [2.05, 4.69) is 24.1 Å². The number of anilines is 1. The number of nitrogens with one attached hydrogen (secondary N) is 1. The predicted octanol–water partition coefficient (Wildman–Crippen LogP) is 3.20. The number of carbonyl (C=O) groups excluding carboxylic acids is 1. The molecule has 24 heavy (non-hydrogen) atoms. The molecule has 0 saturated carbocycles. The van der Waals surface area contributed by atoms with E-state index in [4.69, 9.17) is 14.2 Å². The zero-order valence-electron chi connectivity index (χ0n) is 15.6. The van der Waals surface area contributed by atoms with Crippen LogP contribution < -0.4 is 10.1 Å². The first-order chi connectivity index (χ1) is 11.3. The summed E-state index contributed by atoms with van der Waals surface area (Å²) < 4.78 is 16.2. The molecule has 1 N–H and O–H groups in total. The fraction of sp³-hybridized carbons (Fsp3) is 0.667. The van der Waals surface area contributed by atoms with E-state index >= 15 is 0 Å². The molecule has 1 aromatic heterocycles. The molecule has 1 aromatic rings. The van der Waals surface area contributed by atoms with E-state index < -0.39 is 5.60 Å². The van der Waals surface area contributed by atoms with E-state index in [1.165, 1.54) is 0 Å². The molecule has 0 saturated heterocycles. The Labute approximate surface area is 144 Å². The number of carbonyl (C=O) groups is 1. The van der Waals surface area contributed by atoms with Crippen LogP contribution in [0.3, 0.4) is 0 Å². The van der Waals surface area contributed by atoms with E-state index in [-0.39, 0.29) is 5.91 Å². The maximum atomic E-state index is 12.7. The van der Waals surface area contributed by atoms with Crippen LogP contribution in [-0.4, -0.2) is 43.4 Å². The number of ether oxygens (including phenoxy) is 3. The molecule has 6 nitrogen and oxygen atoms in total. The van der Waals surface area contributed by atoms with E-state index in [0.29, 0.717) is 43.7 Å². The topological polar surface area (TPSA) is 69.7 Å². The number of methoxy groups -OCH3 is 1. The number of aryl methyl sites for hydroxylation is 1. The Morgan fingerprint density at radius 3 is 2.62 bits per heavy atom. The highest BCUT2D eigenvalue weighted by Gasteiger charge is 2.34. The van der Waals surface area contributed by atoms with Crippen LogP contribution in [0.15, 0.2) is 12.3 Å². The van der Waals surface area contributed by atoms with Gasteiger partial charge in [0.2, 0.25) is 5.88 Å². The highest BCUT2D eigenvalue weighted by atomic mass is 16.5. The summed E-state index contributed by atoms with van der Waals surface area (Å²) in [4.78, 5) is 16.9. The maximum Gasteiger partial charge on any atom is 0.256 e. The van der Waals surface area contributed by atoms with Gasteiger partial charge in [0.1, 0.15) is 12.2 Å². The number of amides is 1. The molecule has 0 bridgehead atoms. The second-order valence-corrected chi connectivity index (χ2v) is 6.40. The van der Waals surface area contributed by atoms with E-state index in [9.17, 15) is 4.79 Å². The quantitative estimate of drug-likeness (QED) is 0.664. The first kappa shape index (κ1) is 20.4. The normalized spacial score (nSPS) is 13.6. The van der Waals surface area contributed by atoms with Gasteiger partial charge >= 0.3 is 0 Å². The molecule has 1 heterocycles. The van der Waals surface area contributed by atoms with Crippen LogP contribution in [-0.2, 0) is 14.3 Å². The lowest BCUT2D eigenvalue weighted by molar-refractivity contribution is -0.140. The van der Waals surface area contributed by atoms with Crippen molar-refractivity contribution in [1.29, 1.82) is 0 Å². The minimum absolute atomic E-state index is 0.160. The van der Waals surface area contributed by atoms with Gasteiger partial charge in [0.15, 0.2) is 0 Å². The molecule has 0 spiro atoms. The van der Waals surface area contributed by atoms with Gasteiger partial charge in [0.25, 0.3) is 5.91 Å². The lowest BCUT2D eigenvalue weighted by Crippen LogP contribution is -2.44. The fourth-order valence-corrected chi connectivity index (χ4v) is 2.58. The van der Waals surface area contributed by atoms with Crippen molar-refractivity contribution >= 4 is 11.6 Å². The third-order valence-corrected chi connectivity index (χ3v) is 3.56. The smallest absolute Gasteiger partial charge is 0.256 e. The summed E-state index contributed by atoms with van der Waals surface area (Å²) in [5, 5.41) is 2.90. The number of aromatic nitrogens is 1. The zero-order valence-corrected chi connectivity index (χ0v) is 15.6. The van der Waals surface area contributed by atoms with Gasteiger partial charge in [-0.3, -0.25) is 4.79 Å². The van der Waals surface area contributed by atoms with Gasteiger partial charge in [-0.25, -0.2) is 4.98 Å². The molecular weight excluding hydrogens is 308 g/mol. The Hall–Kier alpha value is -1.66. The van der Waals surface area contributed by atoms with Crippen molar-refractivity contribution < 1.29 is 19.0 Å². The van der Waals surface area contributed by atoms with Gasteiger partial charge in [-0.05, 0) is 39.2 Å². The van der Waals surface area contributed by atoms with Crippen LogP contribution >= 0.6 is 0 Å². The molecule has 0 aliphatic heterocycles. The molecule has 1 unspecified atom stereocenters. The molecule has 0 radical (unpaired) electrons. The first-order valence-electron chi connectivity index (χ1n) is 8.36. The second-order valence-electron chi connectivity index (χ2n) is 6.40. The Balaban J connectivity index is 2.79. The average molecular weight is 338 g/mol. The van der Waals surface area contributed by atoms with Crippen LogP contribution in [0.4, 0.5) is 5.69 Å². The number of nitrogens with zero attached hydrogens (tertiary/aromatic N) is 1. The third kappa shape index (κ3) is 6.09. The lowest BCUT2D eigenvalue weighted by atomic mass is 9.93. The third-order valence-electron chi connectivity index (χ3n) is 3.56. The highest BCUT2D eigenvalue weighted by molar-refractivity contribution is 5.97. The first-order valence-corrected chi connectivity index (χ1v) is 8.36. The summed E-state index contributed by atoms with van der Waals surface area (Å²) in [5.41, 5.74) is 0.627. The largest absolute Gasteiger partial charge is 0.475 e. The summed E-state index contributed by atoms with van der Waals surface area (Å²) in [6.45, 7) is 11.2. The Kier molecular flexibility index (Phi) is 8.15. The van der Waals surface area contributed by atoms with Crippen molar-refractivity contribution in [3.63, 3.8) is 0 Å². The summed E-state index contributed by atoms with van der Waals surface area (Å²) in [6, 6.07) is 1.84. The number of hydrogen-bond donors (Lipinski definition) is 1. The lowest BCUT2D eigenvalue weighted by Gasteiger charge is -2.29. The molecule has 0 fully saturated rings. The van der Waals surface area contributed by atoms with Crippen LogP contribution in [0.1, 0.15) is 39.7 Å². The summed E-state index contributed by atoms with van der Waals surface area (Å²) in [6.07, 6.45) is 2.24. The van der Waals surface area contributed by atoms with Gasteiger partial charge in [-0.15, -0.1) is 0 Å². The van der Waals surface area contributed by atoms with Gasteiger partial charge in [-0.1, -0.05) is 13.8 Å². The predicted molar refractivity (Wildman–Crippen MR) is 94.5 cm³/mol. The fourth-order valence-electron chi connectivity index (χ4n) is 2.58. The van der Waals surface area contributed by atoms with Crippen LogP contribution in [0, 0.1) is 12.8 Å². The molecule has 0 aliphatic carbocycles. The van der Waals surface area contributed by atoms with E-state index in [0.717, 1.165) is 5.56 Å². The maximum absolute atomic E-state index is 12.7. The minimum Gasteiger partial charge on any atom is -0.475 e. The van der Waals surface area contributed by atoms with Crippen molar-refractivity contribution in [2.75, 3.05) is 32.2 Å². The SMILES string of the molecule is CCOC(C)(CC(C)C)C(=O)Nc1cnc(OCCOC)c(C)c1. The van der Waals surface area contributed by atoms with Crippen molar-refractivity contribution in [2.24, 2.45) is 5.92 Å². The van der Waals surface area contributed by atoms with Crippen molar-refractivity contribution in [2.45, 2.75) is 46.6 Å². The van der Waals surface area contributed by atoms with Crippen molar-refractivity contribution in [1.82, 2.24) is 4.98 Å². The van der Waals surface area contributed by atoms with Crippen LogP contribution in [0.5, 0.6) is 5.88 Å². The summed E-state index contributed by atoms with van der Waals surface area (Å²) >= 11 is 0. The number of rotatable bonds is 10. The van der Waals surface area contributed by atoms with E-state index in [1.807, 2.05) is 26.8 Å². The molecule has 1 amide bonds. The molecule has 1 atom stereocenters. The minimum atomic E-state index is -0.857. The van der Waals surface area contributed by atoms with Gasteiger partial charge in [-0.2, -0.15) is 0 Å². The van der Waals surface area contributed by atoms with Gasteiger partial charge in [0.05, 0.1) is 18.5 Å². The van der Waals surface area contributed by atoms with Crippen molar-refractivity contribution in [3.05, 3.63) is 17.8 Å². The molecule has 1 rings (SSSR count). The number of hydrogen-bond acceptors (Lipinski definition) is 5. The van der Waals surface area contributed by atoms with Gasteiger partial charge < -0.3 is 19.5 Å². The highest BCUT2D eigenvalue weighted by Crippen LogP contribution is 2.24. The summed E-state index contributed by atoms with van der Waals surface area (Å²) in [5.74, 6) is 0.732. The molecule has 0 aromatic carbocycles. The molecule has 136 valence electrons. The zero-order chi connectivity index (χ0) is 18.2. The van der Waals surface area contributed by atoms with Crippen LogP contribution in [0.2, 0.25) is 0 Å². The van der Waals surface area contributed by atoms with Gasteiger partial charge in [0, 0.05) is 19.3 Å². The standard InChI is InChI=1S/C18H30N2O4/c1-7-24-18(5,11-13(2)3)17(21)20-15-10-14(4)16(19-12-15)23-9-8-22-6/h10,12-13H,7-9,11H2,1-6H3,(H,20,21). The van der Waals surface area contributed by atoms with E-state index in [1.54, 1.807) is 13.3 Å². The molecule has 0 aliphatic rings. The Morgan fingerprint density at radius 1 is 1.38 bits per heavy atom.